The number of aliphatic carboxylic acids is 1. The molecule has 0 aromatic carbocycles. The predicted octanol–water partition coefficient (Wildman–Crippen LogP) is -0.423. The van der Waals surface area contributed by atoms with Gasteiger partial charge in [-0.05, 0) is 14.1 Å². The van der Waals surface area contributed by atoms with Crippen LogP contribution in [0.15, 0.2) is 0 Å². The molecule has 1 saturated heterocycles. The van der Waals surface area contributed by atoms with Crippen LogP contribution in [0.5, 0.6) is 0 Å². The summed E-state index contributed by atoms with van der Waals surface area (Å²) in [5.74, 6) is -0.0825. The third-order valence-corrected chi connectivity index (χ3v) is 3.27. The van der Waals surface area contributed by atoms with Gasteiger partial charge < -0.3 is 14.9 Å². The van der Waals surface area contributed by atoms with Crippen molar-refractivity contribution in [1.82, 2.24) is 9.80 Å². The van der Waals surface area contributed by atoms with Crippen molar-refractivity contribution in [2.24, 2.45) is 0 Å². The van der Waals surface area contributed by atoms with E-state index in [0.717, 1.165) is 0 Å². The van der Waals surface area contributed by atoms with Crippen molar-refractivity contribution in [2.45, 2.75) is 6.04 Å². The first-order valence-corrected chi connectivity index (χ1v) is 5.92. The third kappa shape index (κ3) is 3.39. The zero-order chi connectivity index (χ0) is 11.4. The van der Waals surface area contributed by atoms with Gasteiger partial charge in [-0.3, -0.25) is 4.79 Å². The average Bonchev–Trinajstić information content (AvgIpc) is 2.15. The highest BCUT2D eigenvalue weighted by atomic mass is 32.2. The first kappa shape index (κ1) is 12.3. The van der Waals surface area contributed by atoms with E-state index >= 15 is 0 Å². The first-order valence-electron chi connectivity index (χ1n) is 4.77. The highest BCUT2D eigenvalue weighted by Gasteiger charge is 2.33. The number of likely N-dealkylation sites (N-methyl/N-ethyl adjacent to an activating group) is 1. The smallest absolute Gasteiger partial charge is 0.327 e. The molecule has 5 nitrogen and oxygen atoms in total. The molecule has 1 N–H and O–H groups in total. The van der Waals surface area contributed by atoms with Gasteiger partial charge >= 0.3 is 5.97 Å². The van der Waals surface area contributed by atoms with Crippen LogP contribution in [0.3, 0.4) is 0 Å². The van der Waals surface area contributed by atoms with Gasteiger partial charge in [0.15, 0.2) is 0 Å². The Hall–Kier alpha value is -0.750. The van der Waals surface area contributed by atoms with Gasteiger partial charge in [-0.15, -0.1) is 11.8 Å². The largest absolute Gasteiger partial charge is 0.480 e. The number of carbonyl (C=O) groups is 2. The lowest BCUT2D eigenvalue weighted by Gasteiger charge is -2.33. The fraction of sp³-hybridized carbons (Fsp3) is 0.778. The normalized spacial score (nSPS) is 22.2. The second kappa shape index (κ2) is 5.37. The Morgan fingerprint density at radius 2 is 2.33 bits per heavy atom. The number of hydrogen-bond acceptors (Lipinski definition) is 4. The molecule has 1 heterocycles. The summed E-state index contributed by atoms with van der Waals surface area (Å²) in [4.78, 5) is 25.9. The number of carbonyl (C=O) groups excluding carboxylic acids is 1. The summed E-state index contributed by atoms with van der Waals surface area (Å²) < 4.78 is 0. The summed E-state index contributed by atoms with van der Waals surface area (Å²) in [6, 6.07) is -0.656. The first-order chi connectivity index (χ1) is 7.02. The Kier molecular flexibility index (Phi) is 4.41. The van der Waals surface area contributed by atoms with Crippen LogP contribution in [-0.2, 0) is 9.59 Å². The van der Waals surface area contributed by atoms with E-state index in [0.29, 0.717) is 24.6 Å². The number of amides is 1. The van der Waals surface area contributed by atoms with E-state index in [-0.39, 0.29) is 5.91 Å². The van der Waals surface area contributed by atoms with E-state index in [2.05, 4.69) is 0 Å². The van der Waals surface area contributed by atoms with Crippen LogP contribution >= 0.6 is 11.8 Å². The van der Waals surface area contributed by atoms with E-state index < -0.39 is 12.0 Å². The number of carboxylic acids is 1. The molecule has 1 atom stereocenters. The Morgan fingerprint density at radius 3 is 2.87 bits per heavy atom. The monoisotopic (exact) mass is 232 g/mol. The minimum atomic E-state index is -0.908. The summed E-state index contributed by atoms with van der Waals surface area (Å²) in [5, 5.41) is 8.97. The standard InChI is InChI=1S/C9H16N2O3S/c1-10(2)3-4-11-7(9(13)14)5-15-6-8(11)12/h7H,3-6H2,1-2H3,(H,13,14). The molecule has 0 bridgehead atoms. The summed E-state index contributed by atoms with van der Waals surface area (Å²) in [6.07, 6.45) is 0. The van der Waals surface area contributed by atoms with Crippen LogP contribution in [0.25, 0.3) is 0 Å². The molecule has 1 aliphatic rings. The average molecular weight is 232 g/mol. The lowest BCUT2D eigenvalue weighted by atomic mass is 10.2. The lowest BCUT2D eigenvalue weighted by Crippen LogP contribution is -2.52. The molecule has 0 spiro atoms. The summed E-state index contributed by atoms with van der Waals surface area (Å²) in [6.45, 7) is 1.18. The van der Waals surface area contributed by atoms with Crippen LogP contribution < -0.4 is 0 Å². The molecule has 1 aliphatic heterocycles. The molecule has 0 saturated carbocycles. The van der Waals surface area contributed by atoms with Crippen LogP contribution in [0.4, 0.5) is 0 Å². The van der Waals surface area contributed by atoms with E-state index in [1.807, 2.05) is 19.0 Å². The minimum Gasteiger partial charge on any atom is -0.480 e. The molecule has 1 rings (SSSR count). The zero-order valence-corrected chi connectivity index (χ0v) is 9.79. The Morgan fingerprint density at radius 1 is 1.67 bits per heavy atom. The molecule has 1 fully saturated rings. The fourth-order valence-electron chi connectivity index (χ4n) is 1.40. The van der Waals surface area contributed by atoms with Gasteiger partial charge in [0.05, 0.1) is 5.75 Å². The van der Waals surface area contributed by atoms with Crippen LogP contribution in [0.2, 0.25) is 0 Å². The predicted molar refractivity (Wildman–Crippen MR) is 59.0 cm³/mol. The van der Waals surface area contributed by atoms with Gasteiger partial charge in [0.1, 0.15) is 6.04 Å². The van der Waals surface area contributed by atoms with Crippen molar-refractivity contribution in [3.05, 3.63) is 0 Å². The molecule has 1 unspecified atom stereocenters. The SMILES string of the molecule is CN(C)CCN1C(=O)CSCC1C(=O)O. The Labute approximate surface area is 93.4 Å². The summed E-state index contributed by atoms with van der Waals surface area (Å²) in [5.41, 5.74) is 0. The topological polar surface area (TPSA) is 60.9 Å². The van der Waals surface area contributed by atoms with Gasteiger partial charge in [0.25, 0.3) is 0 Å². The molecule has 0 aliphatic carbocycles. The maximum atomic E-state index is 11.5. The fourth-order valence-corrected chi connectivity index (χ4v) is 2.40. The van der Waals surface area contributed by atoms with Crippen molar-refractivity contribution in [3.63, 3.8) is 0 Å². The Bertz CT molecular complexity index is 258. The van der Waals surface area contributed by atoms with Crippen molar-refractivity contribution in [2.75, 3.05) is 38.7 Å². The summed E-state index contributed by atoms with van der Waals surface area (Å²) >= 11 is 1.39. The second-order valence-electron chi connectivity index (χ2n) is 3.76. The highest BCUT2D eigenvalue weighted by Crippen LogP contribution is 2.17. The maximum absolute atomic E-state index is 11.5. The van der Waals surface area contributed by atoms with Crippen molar-refractivity contribution < 1.29 is 14.7 Å². The molecule has 0 radical (unpaired) electrons. The van der Waals surface area contributed by atoms with E-state index in [1.54, 1.807) is 0 Å². The summed E-state index contributed by atoms with van der Waals surface area (Å²) in [7, 11) is 3.80. The van der Waals surface area contributed by atoms with Gasteiger partial charge in [0.2, 0.25) is 5.91 Å². The lowest BCUT2D eigenvalue weighted by molar-refractivity contribution is -0.148. The minimum absolute atomic E-state index is 0.0690. The second-order valence-corrected chi connectivity index (χ2v) is 4.79. The van der Waals surface area contributed by atoms with E-state index in [4.69, 9.17) is 5.11 Å². The number of nitrogens with zero attached hydrogens (tertiary/aromatic N) is 2. The van der Waals surface area contributed by atoms with Gasteiger partial charge in [0, 0.05) is 18.8 Å². The van der Waals surface area contributed by atoms with Crippen molar-refractivity contribution in [3.8, 4) is 0 Å². The van der Waals surface area contributed by atoms with E-state index in [1.165, 1.54) is 16.7 Å². The van der Waals surface area contributed by atoms with Crippen molar-refractivity contribution in [1.29, 1.82) is 0 Å². The van der Waals surface area contributed by atoms with Crippen LogP contribution in [0.1, 0.15) is 0 Å². The number of rotatable bonds is 4. The molecular formula is C9H16N2O3S. The number of thioether (sulfide) groups is 1. The van der Waals surface area contributed by atoms with Gasteiger partial charge in [-0.25, -0.2) is 4.79 Å². The van der Waals surface area contributed by atoms with Crippen molar-refractivity contribution >= 4 is 23.6 Å². The molecule has 0 aromatic heterocycles. The molecule has 86 valence electrons. The molecular weight excluding hydrogens is 216 g/mol. The maximum Gasteiger partial charge on any atom is 0.327 e. The molecule has 6 heteroatoms. The van der Waals surface area contributed by atoms with Gasteiger partial charge in [-0.2, -0.15) is 0 Å². The molecule has 0 aromatic rings. The van der Waals surface area contributed by atoms with Crippen LogP contribution in [-0.4, -0.2) is 71.5 Å². The Balaban J connectivity index is 2.60. The number of hydrogen-bond donors (Lipinski definition) is 1. The highest BCUT2D eigenvalue weighted by molar-refractivity contribution is 8.00. The number of carboxylic acid groups (broad SMARTS) is 1. The van der Waals surface area contributed by atoms with Crippen LogP contribution in [0, 0.1) is 0 Å². The quantitative estimate of drug-likeness (QED) is 0.713. The van der Waals surface area contributed by atoms with Gasteiger partial charge in [-0.1, -0.05) is 0 Å². The zero-order valence-electron chi connectivity index (χ0n) is 8.97. The third-order valence-electron chi connectivity index (χ3n) is 2.27. The molecule has 1 amide bonds. The van der Waals surface area contributed by atoms with E-state index in [9.17, 15) is 9.59 Å². The molecule has 15 heavy (non-hydrogen) atoms.